The third-order valence-electron chi connectivity index (χ3n) is 5.57. The molecule has 1 aliphatic heterocycles. The van der Waals surface area contributed by atoms with E-state index in [0.717, 1.165) is 59.1 Å². The monoisotopic (exact) mass is 496 g/mol. The summed E-state index contributed by atoms with van der Waals surface area (Å²) in [7, 11) is 1.67. The van der Waals surface area contributed by atoms with Gasteiger partial charge in [-0.25, -0.2) is 0 Å². The van der Waals surface area contributed by atoms with Gasteiger partial charge >= 0.3 is 0 Å². The lowest BCUT2D eigenvalue weighted by atomic mass is 10.1. The summed E-state index contributed by atoms with van der Waals surface area (Å²) < 4.78 is 18.0. The lowest BCUT2D eigenvalue weighted by molar-refractivity contribution is 0.122. The van der Waals surface area contributed by atoms with E-state index < -0.39 is 0 Å². The first-order valence-electron chi connectivity index (χ1n) is 10.8. The lowest BCUT2D eigenvalue weighted by Crippen LogP contribution is -2.36. The summed E-state index contributed by atoms with van der Waals surface area (Å²) in [6, 6.07) is 20.9. The van der Waals surface area contributed by atoms with Crippen LogP contribution in [0.5, 0.6) is 11.5 Å². The van der Waals surface area contributed by atoms with E-state index in [0.29, 0.717) is 13.2 Å². The zero-order chi connectivity index (χ0) is 22.3. The number of nitrogens with zero attached hydrogens (tertiary/aromatic N) is 1. The van der Waals surface area contributed by atoms with Crippen molar-refractivity contribution in [3.63, 3.8) is 0 Å². The van der Waals surface area contributed by atoms with Crippen molar-refractivity contribution in [1.82, 2.24) is 0 Å². The lowest BCUT2D eigenvalue weighted by Gasteiger charge is -2.29. The molecule has 4 rings (SSSR count). The standard InChI is InChI=1S/C26H29BrN2O3/c1-19-3-5-20(6-4-19)18-32-26-16-24(27)21(15-25(26)30-2)17-28-22-7-9-23(10-8-22)29-11-13-31-14-12-29/h3-10,15-16,28H,11-14,17-18H2,1-2H3. The second kappa shape index (κ2) is 10.7. The van der Waals surface area contributed by atoms with Gasteiger partial charge in [-0.3, -0.25) is 0 Å². The minimum Gasteiger partial charge on any atom is -0.493 e. The molecule has 0 atom stereocenters. The van der Waals surface area contributed by atoms with Crippen LogP contribution < -0.4 is 19.7 Å². The van der Waals surface area contributed by atoms with Gasteiger partial charge < -0.3 is 24.4 Å². The van der Waals surface area contributed by atoms with Crippen LogP contribution in [0.1, 0.15) is 16.7 Å². The number of hydrogen-bond donors (Lipinski definition) is 1. The molecule has 3 aromatic carbocycles. The number of benzene rings is 3. The molecule has 5 nitrogen and oxygen atoms in total. The summed E-state index contributed by atoms with van der Waals surface area (Å²) in [6.45, 7) is 6.72. The van der Waals surface area contributed by atoms with Crippen molar-refractivity contribution >= 4 is 27.3 Å². The number of halogens is 1. The molecule has 6 heteroatoms. The highest BCUT2D eigenvalue weighted by atomic mass is 79.9. The van der Waals surface area contributed by atoms with Crippen molar-refractivity contribution in [3.05, 3.63) is 81.8 Å². The maximum Gasteiger partial charge on any atom is 0.162 e. The third kappa shape index (κ3) is 5.75. The Morgan fingerprint density at radius 1 is 0.969 bits per heavy atom. The van der Waals surface area contributed by atoms with Gasteiger partial charge in [0.05, 0.1) is 20.3 Å². The summed E-state index contributed by atoms with van der Waals surface area (Å²) in [5.74, 6) is 1.44. The van der Waals surface area contributed by atoms with Crippen LogP contribution in [-0.2, 0) is 17.9 Å². The molecule has 0 aromatic heterocycles. The maximum atomic E-state index is 6.03. The number of methoxy groups -OCH3 is 1. The van der Waals surface area contributed by atoms with Gasteiger partial charge in [-0.15, -0.1) is 0 Å². The van der Waals surface area contributed by atoms with Crippen LogP contribution in [0.3, 0.4) is 0 Å². The molecule has 1 fully saturated rings. The second-order valence-electron chi connectivity index (χ2n) is 7.87. The fourth-order valence-electron chi connectivity index (χ4n) is 3.64. The van der Waals surface area contributed by atoms with E-state index in [2.05, 4.69) is 81.6 Å². The molecule has 0 unspecified atom stereocenters. The molecule has 1 saturated heterocycles. The number of nitrogens with one attached hydrogen (secondary N) is 1. The molecule has 1 N–H and O–H groups in total. The molecule has 168 valence electrons. The van der Waals surface area contributed by atoms with Crippen molar-refractivity contribution in [1.29, 1.82) is 0 Å². The minimum absolute atomic E-state index is 0.496. The molecule has 0 amide bonds. The number of anilines is 2. The van der Waals surface area contributed by atoms with E-state index in [-0.39, 0.29) is 0 Å². The van der Waals surface area contributed by atoms with Crippen LogP contribution in [0.2, 0.25) is 0 Å². The van der Waals surface area contributed by atoms with Crippen LogP contribution in [0.25, 0.3) is 0 Å². The average Bonchev–Trinajstić information content (AvgIpc) is 2.84. The third-order valence-corrected chi connectivity index (χ3v) is 6.31. The molecule has 1 heterocycles. The summed E-state index contributed by atoms with van der Waals surface area (Å²) >= 11 is 3.69. The molecular weight excluding hydrogens is 468 g/mol. The average molecular weight is 497 g/mol. The van der Waals surface area contributed by atoms with Crippen molar-refractivity contribution in [2.45, 2.75) is 20.1 Å². The van der Waals surface area contributed by atoms with Gasteiger partial charge in [0.25, 0.3) is 0 Å². The second-order valence-corrected chi connectivity index (χ2v) is 8.72. The quantitative estimate of drug-likeness (QED) is 0.427. The zero-order valence-corrected chi connectivity index (χ0v) is 20.2. The summed E-state index contributed by atoms with van der Waals surface area (Å²) in [4.78, 5) is 2.35. The van der Waals surface area contributed by atoms with Gasteiger partial charge in [-0.05, 0) is 54.4 Å². The first-order valence-corrected chi connectivity index (χ1v) is 11.6. The van der Waals surface area contributed by atoms with Crippen molar-refractivity contribution in [3.8, 4) is 11.5 Å². The van der Waals surface area contributed by atoms with E-state index in [1.807, 2.05) is 12.1 Å². The Morgan fingerprint density at radius 3 is 2.38 bits per heavy atom. The van der Waals surface area contributed by atoms with E-state index in [1.165, 1.54) is 11.3 Å². The SMILES string of the molecule is COc1cc(CNc2ccc(N3CCOCC3)cc2)c(Br)cc1OCc1ccc(C)cc1. The number of morpholine rings is 1. The number of rotatable bonds is 8. The number of aryl methyl sites for hydroxylation is 1. The summed E-state index contributed by atoms with van der Waals surface area (Å²) in [5, 5.41) is 3.50. The minimum atomic E-state index is 0.496. The highest BCUT2D eigenvalue weighted by Gasteiger charge is 2.12. The Hall–Kier alpha value is -2.70. The predicted octanol–water partition coefficient (Wildman–Crippen LogP) is 5.79. The summed E-state index contributed by atoms with van der Waals surface area (Å²) in [5.41, 5.74) is 5.77. The highest BCUT2D eigenvalue weighted by Crippen LogP contribution is 2.34. The maximum absolute atomic E-state index is 6.03. The zero-order valence-electron chi connectivity index (χ0n) is 18.6. The molecular formula is C26H29BrN2O3. The topological polar surface area (TPSA) is 43.0 Å². The van der Waals surface area contributed by atoms with Crippen LogP contribution in [0.4, 0.5) is 11.4 Å². The Bertz CT molecular complexity index is 1020. The van der Waals surface area contributed by atoms with Gasteiger partial charge in [0.15, 0.2) is 11.5 Å². The van der Waals surface area contributed by atoms with E-state index in [4.69, 9.17) is 14.2 Å². The molecule has 0 bridgehead atoms. The molecule has 0 saturated carbocycles. The van der Waals surface area contributed by atoms with E-state index in [1.54, 1.807) is 7.11 Å². The first kappa shape index (κ1) is 22.5. The van der Waals surface area contributed by atoms with E-state index >= 15 is 0 Å². The molecule has 32 heavy (non-hydrogen) atoms. The Kier molecular flexibility index (Phi) is 7.55. The fraction of sp³-hybridized carbons (Fsp3) is 0.308. The number of hydrogen-bond acceptors (Lipinski definition) is 5. The van der Waals surface area contributed by atoms with Gasteiger partial charge in [0.2, 0.25) is 0 Å². The van der Waals surface area contributed by atoms with Crippen LogP contribution in [0.15, 0.2) is 65.1 Å². The van der Waals surface area contributed by atoms with Gasteiger partial charge in [0.1, 0.15) is 6.61 Å². The van der Waals surface area contributed by atoms with Crippen molar-refractivity contribution < 1.29 is 14.2 Å². The highest BCUT2D eigenvalue weighted by molar-refractivity contribution is 9.10. The van der Waals surface area contributed by atoms with Crippen LogP contribution >= 0.6 is 15.9 Å². The van der Waals surface area contributed by atoms with Crippen molar-refractivity contribution in [2.75, 3.05) is 43.6 Å². The largest absolute Gasteiger partial charge is 0.493 e. The molecule has 0 radical (unpaired) electrons. The van der Waals surface area contributed by atoms with E-state index in [9.17, 15) is 0 Å². The predicted molar refractivity (Wildman–Crippen MR) is 133 cm³/mol. The van der Waals surface area contributed by atoms with Crippen molar-refractivity contribution in [2.24, 2.45) is 0 Å². The Labute approximate surface area is 198 Å². The molecule has 0 aliphatic carbocycles. The normalized spacial score (nSPS) is 13.7. The van der Waals surface area contributed by atoms with Crippen LogP contribution in [0, 0.1) is 6.92 Å². The molecule has 3 aromatic rings. The number of ether oxygens (including phenoxy) is 3. The van der Waals surface area contributed by atoms with Crippen LogP contribution in [-0.4, -0.2) is 33.4 Å². The fourth-order valence-corrected chi connectivity index (χ4v) is 4.10. The van der Waals surface area contributed by atoms with Gasteiger partial charge in [0, 0.05) is 35.5 Å². The summed E-state index contributed by atoms with van der Waals surface area (Å²) in [6.07, 6.45) is 0. The van der Waals surface area contributed by atoms with Gasteiger partial charge in [-0.1, -0.05) is 45.8 Å². The molecule has 0 spiro atoms. The molecule has 1 aliphatic rings. The Balaban J connectivity index is 1.38. The Morgan fingerprint density at radius 2 is 1.69 bits per heavy atom. The smallest absolute Gasteiger partial charge is 0.162 e. The first-order chi connectivity index (χ1) is 15.6. The van der Waals surface area contributed by atoms with Gasteiger partial charge in [-0.2, -0.15) is 0 Å².